The highest BCUT2D eigenvalue weighted by atomic mass is 32.2. The van der Waals surface area contributed by atoms with E-state index in [1.54, 1.807) is 11.3 Å². The van der Waals surface area contributed by atoms with E-state index in [9.17, 15) is 4.79 Å². The van der Waals surface area contributed by atoms with Crippen LogP contribution in [0.3, 0.4) is 0 Å². The van der Waals surface area contributed by atoms with Crippen LogP contribution in [0.15, 0.2) is 0 Å². The van der Waals surface area contributed by atoms with Gasteiger partial charge in [-0.3, -0.25) is 4.79 Å². The molecule has 4 nitrogen and oxygen atoms in total. The van der Waals surface area contributed by atoms with Crippen molar-refractivity contribution >= 4 is 29.0 Å². The minimum absolute atomic E-state index is 0.204. The number of hydrogen-bond donors (Lipinski definition) is 0. The molecule has 0 aromatic carbocycles. The summed E-state index contributed by atoms with van der Waals surface area (Å²) in [6.45, 7) is 8.26. The number of likely N-dealkylation sites (tertiary alicyclic amines) is 1. The number of carbonyl (C=O) groups is 1. The molecule has 1 atom stereocenters. The van der Waals surface area contributed by atoms with Gasteiger partial charge in [0.2, 0.25) is 0 Å². The largest absolute Gasteiger partial charge is 0.333 e. The van der Waals surface area contributed by atoms with Gasteiger partial charge in [0.25, 0.3) is 5.91 Å². The van der Waals surface area contributed by atoms with Crippen LogP contribution in [0, 0.1) is 13.8 Å². The van der Waals surface area contributed by atoms with E-state index in [1.807, 2.05) is 25.6 Å². The van der Waals surface area contributed by atoms with Gasteiger partial charge in [0.15, 0.2) is 0 Å². The van der Waals surface area contributed by atoms with Gasteiger partial charge in [-0.15, -0.1) is 11.3 Å². The van der Waals surface area contributed by atoms with Crippen LogP contribution in [-0.4, -0.2) is 64.4 Å². The fraction of sp³-hybridized carbons (Fsp3) is 0.750. The predicted octanol–water partition coefficient (Wildman–Crippen LogP) is 2.80. The zero-order valence-corrected chi connectivity index (χ0v) is 15.1. The van der Waals surface area contributed by atoms with Gasteiger partial charge in [0, 0.05) is 18.8 Å². The molecule has 2 aliphatic heterocycles. The predicted molar refractivity (Wildman–Crippen MR) is 94.0 cm³/mol. The molecule has 0 saturated carbocycles. The summed E-state index contributed by atoms with van der Waals surface area (Å²) in [6.07, 6.45) is 3.71. The number of rotatable bonds is 3. The number of amides is 1. The van der Waals surface area contributed by atoms with Crippen LogP contribution in [0.1, 0.15) is 39.6 Å². The highest BCUT2D eigenvalue weighted by molar-refractivity contribution is 7.99. The number of hydrogen-bond acceptors (Lipinski definition) is 5. The lowest BCUT2D eigenvalue weighted by Crippen LogP contribution is -2.47. The average Bonchev–Trinajstić information content (AvgIpc) is 3.03. The summed E-state index contributed by atoms with van der Waals surface area (Å²) in [6, 6.07) is 0.347. The summed E-state index contributed by atoms with van der Waals surface area (Å²) in [5.41, 5.74) is 0.893. The van der Waals surface area contributed by atoms with E-state index in [1.165, 1.54) is 31.7 Å². The topological polar surface area (TPSA) is 36.4 Å². The molecule has 3 rings (SSSR count). The van der Waals surface area contributed by atoms with Gasteiger partial charge in [0.05, 0.1) is 16.7 Å². The van der Waals surface area contributed by atoms with Crippen molar-refractivity contribution in [3.05, 3.63) is 15.6 Å². The van der Waals surface area contributed by atoms with E-state index in [2.05, 4.69) is 14.8 Å². The molecule has 2 saturated heterocycles. The van der Waals surface area contributed by atoms with E-state index in [-0.39, 0.29) is 5.91 Å². The van der Waals surface area contributed by atoms with Crippen molar-refractivity contribution in [2.45, 2.75) is 39.2 Å². The fourth-order valence-corrected chi connectivity index (χ4v) is 5.30. The van der Waals surface area contributed by atoms with Crippen LogP contribution in [0.5, 0.6) is 0 Å². The van der Waals surface area contributed by atoms with E-state index in [4.69, 9.17) is 0 Å². The summed E-state index contributed by atoms with van der Waals surface area (Å²) in [5.74, 6) is 2.44. The van der Waals surface area contributed by atoms with Gasteiger partial charge in [-0.05, 0) is 52.0 Å². The molecule has 0 radical (unpaired) electrons. The van der Waals surface area contributed by atoms with Crippen LogP contribution in [-0.2, 0) is 0 Å². The lowest BCUT2D eigenvalue weighted by molar-refractivity contribution is 0.0670. The molecule has 22 heavy (non-hydrogen) atoms. The first kappa shape index (κ1) is 16.3. The summed E-state index contributed by atoms with van der Waals surface area (Å²) >= 11 is 3.55. The maximum atomic E-state index is 13.0. The quantitative estimate of drug-likeness (QED) is 0.848. The second-order valence-electron chi connectivity index (χ2n) is 6.24. The highest BCUT2D eigenvalue weighted by Gasteiger charge is 2.30. The van der Waals surface area contributed by atoms with Gasteiger partial charge in [-0.2, -0.15) is 11.8 Å². The molecule has 0 spiro atoms. The first-order valence-electron chi connectivity index (χ1n) is 8.20. The zero-order valence-electron chi connectivity index (χ0n) is 13.5. The first-order chi connectivity index (χ1) is 10.6. The molecule has 6 heteroatoms. The third kappa shape index (κ3) is 3.66. The molecule has 122 valence electrons. The number of thiazole rings is 1. The molecule has 0 aliphatic carbocycles. The van der Waals surface area contributed by atoms with Crippen LogP contribution < -0.4 is 0 Å². The van der Waals surface area contributed by atoms with Gasteiger partial charge < -0.3 is 9.80 Å². The molecule has 2 fully saturated rings. The molecule has 1 aromatic heterocycles. The summed E-state index contributed by atoms with van der Waals surface area (Å²) in [4.78, 5) is 23.0. The van der Waals surface area contributed by atoms with Crippen LogP contribution in [0.4, 0.5) is 0 Å². The lowest BCUT2D eigenvalue weighted by Gasteiger charge is -2.32. The molecule has 0 N–H and O–H groups in total. The minimum Gasteiger partial charge on any atom is -0.333 e. The standard InChI is InChI=1S/C16H25N3OS2/c1-12-15(22-13(2)17-12)16(20)19-8-5-9-21-11-14(19)10-18-6-3-4-7-18/h14H,3-11H2,1-2H3. The van der Waals surface area contributed by atoms with Crippen molar-refractivity contribution in [3.63, 3.8) is 0 Å². The van der Waals surface area contributed by atoms with Crippen LogP contribution >= 0.6 is 23.1 Å². The van der Waals surface area contributed by atoms with E-state index in [0.29, 0.717) is 6.04 Å². The van der Waals surface area contributed by atoms with Gasteiger partial charge in [0.1, 0.15) is 4.88 Å². The van der Waals surface area contributed by atoms with Crippen molar-refractivity contribution in [2.24, 2.45) is 0 Å². The number of carbonyl (C=O) groups excluding carboxylic acids is 1. The third-order valence-corrected chi connectivity index (χ3v) is 6.72. The maximum absolute atomic E-state index is 13.0. The molecular formula is C16H25N3OS2. The first-order valence-corrected chi connectivity index (χ1v) is 10.2. The fourth-order valence-electron chi connectivity index (χ4n) is 3.37. The Morgan fingerprint density at radius 1 is 1.23 bits per heavy atom. The molecule has 2 aliphatic rings. The molecule has 0 bridgehead atoms. The summed E-state index contributed by atoms with van der Waals surface area (Å²) in [7, 11) is 0. The maximum Gasteiger partial charge on any atom is 0.266 e. The van der Waals surface area contributed by atoms with Crippen molar-refractivity contribution in [2.75, 3.05) is 37.7 Å². The Morgan fingerprint density at radius 2 is 2.00 bits per heavy atom. The Labute approximate surface area is 141 Å². The number of aromatic nitrogens is 1. The number of aryl methyl sites for hydroxylation is 2. The van der Waals surface area contributed by atoms with Crippen molar-refractivity contribution in [3.8, 4) is 0 Å². The summed E-state index contributed by atoms with van der Waals surface area (Å²) in [5, 5.41) is 0.987. The highest BCUT2D eigenvalue weighted by Crippen LogP contribution is 2.25. The Balaban J connectivity index is 1.77. The lowest BCUT2D eigenvalue weighted by atomic mass is 10.2. The number of nitrogens with zero attached hydrogens (tertiary/aromatic N) is 3. The zero-order chi connectivity index (χ0) is 15.5. The van der Waals surface area contributed by atoms with Gasteiger partial charge in [-0.25, -0.2) is 4.98 Å². The SMILES string of the molecule is Cc1nc(C)c(C(=O)N2CCCSCC2CN2CCCC2)s1. The Hall–Kier alpha value is -0.590. The van der Waals surface area contributed by atoms with Crippen molar-refractivity contribution in [1.82, 2.24) is 14.8 Å². The van der Waals surface area contributed by atoms with Gasteiger partial charge >= 0.3 is 0 Å². The van der Waals surface area contributed by atoms with E-state index < -0.39 is 0 Å². The monoisotopic (exact) mass is 339 g/mol. The Bertz CT molecular complexity index is 525. The molecule has 1 aromatic rings. The van der Waals surface area contributed by atoms with Crippen LogP contribution in [0.2, 0.25) is 0 Å². The Kier molecular flexibility index (Phi) is 5.42. The molecular weight excluding hydrogens is 314 g/mol. The average molecular weight is 340 g/mol. The minimum atomic E-state index is 0.204. The smallest absolute Gasteiger partial charge is 0.266 e. The van der Waals surface area contributed by atoms with Crippen LogP contribution in [0.25, 0.3) is 0 Å². The molecule has 3 heterocycles. The second kappa shape index (κ2) is 7.32. The molecule has 1 amide bonds. The van der Waals surface area contributed by atoms with Crippen molar-refractivity contribution in [1.29, 1.82) is 0 Å². The van der Waals surface area contributed by atoms with E-state index in [0.717, 1.165) is 40.8 Å². The molecule has 1 unspecified atom stereocenters. The normalized spacial score (nSPS) is 23.7. The number of thioether (sulfide) groups is 1. The Morgan fingerprint density at radius 3 is 2.68 bits per heavy atom. The van der Waals surface area contributed by atoms with Crippen molar-refractivity contribution < 1.29 is 4.79 Å². The second-order valence-corrected chi connectivity index (χ2v) is 8.59. The van der Waals surface area contributed by atoms with Gasteiger partial charge in [-0.1, -0.05) is 0 Å². The third-order valence-electron chi connectivity index (χ3n) is 4.46. The van der Waals surface area contributed by atoms with E-state index >= 15 is 0 Å². The summed E-state index contributed by atoms with van der Waals surface area (Å²) < 4.78 is 0.